The Morgan fingerprint density at radius 1 is 1.21 bits per heavy atom. The van der Waals surface area contributed by atoms with E-state index in [0.29, 0.717) is 28.1 Å². The van der Waals surface area contributed by atoms with E-state index in [4.69, 9.17) is 32.7 Å². The van der Waals surface area contributed by atoms with Crippen LogP contribution in [0.15, 0.2) is 34.9 Å². The highest BCUT2D eigenvalue weighted by atomic mass is 35.5. The molecule has 0 bridgehead atoms. The molecule has 1 aliphatic carbocycles. The van der Waals surface area contributed by atoms with E-state index in [9.17, 15) is 9.90 Å². The summed E-state index contributed by atoms with van der Waals surface area (Å²) in [5.74, 6) is 0.640. The van der Waals surface area contributed by atoms with Crippen molar-refractivity contribution in [1.29, 1.82) is 0 Å². The van der Waals surface area contributed by atoms with Gasteiger partial charge in [-0.1, -0.05) is 59.6 Å². The second-order valence-corrected chi connectivity index (χ2v) is 12.7. The molecule has 204 valence electrons. The number of aromatic nitrogens is 2. The number of rotatable bonds is 7. The number of aromatic carboxylic acids is 1. The number of carboxylic acids is 1. The highest BCUT2D eigenvalue weighted by molar-refractivity contribution is 7.22. The summed E-state index contributed by atoms with van der Waals surface area (Å²) in [4.78, 5) is 21.5. The molecule has 4 aromatic rings. The third-order valence-corrected chi connectivity index (χ3v) is 9.36. The first-order valence-electron chi connectivity index (χ1n) is 13.3. The quantitative estimate of drug-likeness (QED) is 0.238. The first-order valence-corrected chi connectivity index (χ1v) is 14.9. The van der Waals surface area contributed by atoms with Crippen molar-refractivity contribution >= 4 is 55.9 Å². The number of anilines is 1. The summed E-state index contributed by atoms with van der Waals surface area (Å²) in [6.07, 6.45) is 2.23. The topological polar surface area (TPSA) is 82.7 Å². The van der Waals surface area contributed by atoms with Crippen molar-refractivity contribution < 1.29 is 14.4 Å². The molecular weight excluding hydrogens is 555 g/mol. The molecule has 1 N–H and O–H groups in total. The third kappa shape index (κ3) is 5.04. The van der Waals surface area contributed by atoms with Crippen molar-refractivity contribution in [3.8, 4) is 11.3 Å². The SMILES string of the molecule is CC(C)c1cc(C(=O)O)cc2sc(N3CCN(Cc4c(-c5c(Cl)cccc5Cl)noc4C4CC4)CC3C)nc12. The molecule has 6 rings (SSSR count). The van der Waals surface area contributed by atoms with Crippen molar-refractivity contribution in [2.45, 2.75) is 58.0 Å². The first kappa shape index (κ1) is 26.6. The van der Waals surface area contributed by atoms with Gasteiger partial charge in [-0.25, -0.2) is 9.78 Å². The summed E-state index contributed by atoms with van der Waals surface area (Å²) < 4.78 is 6.80. The maximum Gasteiger partial charge on any atom is 0.335 e. The van der Waals surface area contributed by atoms with Gasteiger partial charge >= 0.3 is 5.97 Å². The largest absolute Gasteiger partial charge is 0.478 e. The minimum absolute atomic E-state index is 0.182. The van der Waals surface area contributed by atoms with Crippen LogP contribution in [0.3, 0.4) is 0 Å². The molecule has 7 nitrogen and oxygen atoms in total. The van der Waals surface area contributed by atoms with E-state index in [2.05, 4.69) is 35.7 Å². The fourth-order valence-corrected chi connectivity index (χ4v) is 7.22. The minimum atomic E-state index is -0.910. The zero-order valence-corrected chi connectivity index (χ0v) is 24.4. The highest BCUT2D eigenvalue weighted by Crippen LogP contribution is 2.46. The molecule has 3 heterocycles. The van der Waals surface area contributed by atoms with Crippen LogP contribution in [0.1, 0.15) is 72.7 Å². The Morgan fingerprint density at radius 3 is 2.59 bits per heavy atom. The van der Waals surface area contributed by atoms with Crippen LogP contribution < -0.4 is 4.90 Å². The van der Waals surface area contributed by atoms with E-state index in [-0.39, 0.29) is 12.0 Å². The van der Waals surface area contributed by atoms with Crippen LogP contribution >= 0.6 is 34.5 Å². The molecular formula is C29H30Cl2N4O3S. The smallest absolute Gasteiger partial charge is 0.335 e. The van der Waals surface area contributed by atoms with E-state index in [0.717, 1.165) is 76.0 Å². The van der Waals surface area contributed by atoms with Gasteiger partial charge in [-0.15, -0.1) is 0 Å². The molecule has 1 saturated carbocycles. The Labute approximate surface area is 241 Å². The fourth-order valence-electron chi connectivity index (χ4n) is 5.48. The number of hydrogen-bond acceptors (Lipinski definition) is 7. The Bertz CT molecular complexity index is 1540. The molecule has 2 aromatic carbocycles. The number of carbonyl (C=O) groups is 1. The van der Waals surface area contributed by atoms with E-state index in [1.54, 1.807) is 23.5 Å². The lowest BCUT2D eigenvalue weighted by Crippen LogP contribution is -2.51. The maximum atomic E-state index is 11.7. The van der Waals surface area contributed by atoms with Gasteiger partial charge in [0.2, 0.25) is 0 Å². The monoisotopic (exact) mass is 584 g/mol. The van der Waals surface area contributed by atoms with Crippen LogP contribution in [0.2, 0.25) is 10.0 Å². The van der Waals surface area contributed by atoms with Crippen LogP contribution in [0.5, 0.6) is 0 Å². The molecule has 1 atom stereocenters. The number of nitrogens with zero attached hydrogens (tertiary/aromatic N) is 4. The van der Waals surface area contributed by atoms with E-state index in [1.807, 2.05) is 18.2 Å². The molecule has 0 amide bonds. The second kappa shape index (κ2) is 10.4. The number of thiazole rings is 1. The molecule has 0 radical (unpaired) electrons. The molecule has 1 unspecified atom stereocenters. The van der Waals surface area contributed by atoms with Crippen molar-refractivity contribution in [1.82, 2.24) is 15.0 Å². The van der Waals surface area contributed by atoms with Gasteiger partial charge in [0.25, 0.3) is 0 Å². The number of benzene rings is 2. The summed E-state index contributed by atoms with van der Waals surface area (Å²) >= 11 is 14.7. The van der Waals surface area contributed by atoms with Crippen LogP contribution in [0.4, 0.5) is 5.13 Å². The van der Waals surface area contributed by atoms with Gasteiger partial charge in [0.15, 0.2) is 5.13 Å². The normalized spacial score (nSPS) is 18.4. The van der Waals surface area contributed by atoms with Gasteiger partial charge in [0.05, 0.1) is 25.8 Å². The zero-order valence-electron chi connectivity index (χ0n) is 22.1. The predicted molar refractivity (Wildman–Crippen MR) is 157 cm³/mol. The lowest BCUT2D eigenvalue weighted by Gasteiger charge is -2.39. The average Bonchev–Trinajstić information content (AvgIpc) is 3.51. The van der Waals surface area contributed by atoms with Gasteiger partial charge in [0.1, 0.15) is 11.5 Å². The van der Waals surface area contributed by atoms with Crippen molar-refractivity contribution in [2.75, 3.05) is 24.5 Å². The number of carboxylic acid groups (broad SMARTS) is 1. The van der Waals surface area contributed by atoms with Gasteiger partial charge in [-0.05, 0) is 55.5 Å². The Balaban J connectivity index is 1.26. The van der Waals surface area contributed by atoms with E-state index >= 15 is 0 Å². The third-order valence-electron chi connectivity index (χ3n) is 7.69. The zero-order chi connectivity index (χ0) is 27.4. The average molecular weight is 586 g/mol. The summed E-state index contributed by atoms with van der Waals surface area (Å²) in [6, 6.07) is 9.24. The molecule has 2 fully saturated rings. The Hall–Kier alpha value is -2.65. The molecule has 0 spiro atoms. The standard InChI is InChI=1S/C29H30Cl2N4O3S/c1-15(2)19-11-18(28(36)37)12-23-25(19)32-29(39-23)35-10-9-34(13-16(35)3)14-20-26(33-38-27(20)17-7-8-17)24-21(30)5-4-6-22(24)31/h4-6,11-12,15-17H,7-10,13-14H2,1-3H3,(H,36,37). The molecule has 2 aliphatic rings. The Morgan fingerprint density at radius 2 is 1.95 bits per heavy atom. The predicted octanol–water partition coefficient (Wildman–Crippen LogP) is 7.67. The number of hydrogen-bond donors (Lipinski definition) is 1. The highest BCUT2D eigenvalue weighted by Gasteiger charge is 2.35. The van der Waals surface area contributed by atoms with Gasteiger partial charge < -0.3 is 14.5 Å². The van der Waals surface area contributed by atoms with Crippen LogP contribution in [0.25, 0.3) is 21.5 Å². The molecule has 1 aliphatic heterocycles. The molecule has 39 heavy (non-hydrogen) atoms. The van der Waals surface area contributed by atoms with Gasteiger partial charge in [-0.3, -0.25) is 4.90 Å². The van der Waals surface area contributed by atoms with Crippen LogP contribution in [-0.4, -0.2) is 51.8 Å². The summed E-state index contributed by atoms with van der Waals surface area (Å²) in [6.45, 7) is 9.59. The summed E-state index contributed by atoms with van der Waals surface area (Å²) in [7, 11) is 0. The Kier molecular flexibility index (Phi) is 7.08. The van der Waals surface area contributed by atoms with Gasteiger partial charge in [0, 0.05) is 49.3 Å². The number of piperazine rings is 1. The maximum absolute atomic E-state index is 11.7. The van der Waals surface area contributed by atoms with Crippen LogP contribution in [-0.2, 0) is 6.54 Å². The van der Waals surface area contributed by atoms with Crippen LogP contribution in [0, 0.1) is 0 Å². The first-order chi connectivity index (χ1) is 18.7. The second-order valence-electron chi connectivity index (χ2n) is 10.9. The molecule has 2 aromatic heterocycles. The number of halogens is 2. The number of fused-ring (bicyclic) bond motifs is 1. The van der Waals surface area contributed by atoms with Crippen molar-refractivity contribution in [2.24, 2.45) is 0 Å². The van der Waals surface area contributed by atoms with E-state index in [1.165, 1.54) is 0 Å². The minimum Gasteiger partial charge on any atom is -0.478 e. The summed E-state index contributed by atoms with van der Waals surface area (Å²) in [5.41, 5.74) is 4.75. The lowest BCUT2D eigenvalue weighted by molar-refractivity contribution is 0.0697. The van der Waals surface area contributed by atoms with Gasteiger partial charge in [-0.2, -0.15) is 0 Å². The molecule has 10 heteroatoms. The lowest BCUT2D eigenvalue weighted by atomic mass is 9.99. The fraction of sp³-hybridized carbons (Fsp3) is 0.414. The summed E-state index contributed by atoms with van der Waals surface area (Å²) in [5, 5.41) is 16.1. The molecule has 1 saturated heterocycles. The van der Waals surface area contributed by atoms with E-state index < -0.39 is 5.97 Å². The van der Waals surface area contributed by atoms with Crippen molar-refractivity contribution in [3.63, 3.8) is 0 Å². The van der Waals surface area contributed by atoms with Crippen molar-refractivity contribution in [3.05, 3.63) is 62.8 Å².